The molecule has 0 aromatic carbocycles. The molecule has 1 saturated heterocycles. The number of carbonyl (C=O) groups excluding carboxylic acids is 3. The molecule has 186 valence electrons. The quantitative estimate of drug-likeness (QED) is 0.335. The summed E-state index contributed by atoms with van der Waals surface area (Å²) in [4.78, 5) is 52.8. The van der Waals surface area contributed by atoms with Gasteiger partial charge in [-0.3, -0.25) is 23.5 Å². The highest BCUT2D eigenvalue weighted by molar-refractivity contribution is 5.78. The van der Waals surface area contributed by atoms with Crippen LogP contribution < -0.4 is 0 Å². The van der Waals surface area contributed by atoms with E-state index in [-0.39, 0.29) is 6.61 Å². The summed E-state index contributed by atoms with van der Waals surface area (Å²) >= 11 is 0. The second-order valence-corrected chi connectivity index (χ2v) is 8.00. The highest BCUT2D eigenvalue weighted by Gasteiger charge is 2.51. The predicted octanol–water partition coefficient (Wildman–Crippen LogP) is 1.29. The van der Waals surface area contributed by atoms with Crippen LogP contribution in [0.15, 0.2) is 25.0 Å². The molecule has 1 aliphatic rings. The van der Waals surface area contributed by atoms with Gasteiger partial charge in [-0.2, -0.15) is 0 Å². The average Bonchev–Trinajstić information content (AvgIpc) is 3.50. The van der Waals surface area contributed by atoms with Crippen LogP contribution in [0.3, 0.4) is 0 Å². The third-order valence-corrected chi connectivity index (χ3v) is 5.37. The zero-order chi connectivity index (χ0) is 25.1. The molecular formula is C22H26N6O7. The van der Waals surface area contributed by atoms with Crippen LogP contribution in [0.4, 0.5) is 0 Å². The predicted molar refractivity (Wildman–Crippen MR) is 118 cm³/mol. The normalized spacial score (nSPS) is 21.7. The summed E-state index contributed by atoms with van der Waals surface area (Å²) in [5, 5.41) is 0. The minimum atomic E-state index is -1.04. The Hall–Kier alpha value is -3.87. The maximum absolute atomic E-state index is 11.9. The van der Waals surface area contributed by atoms with Crippen molar-refractivity contribution in [2.75, 3.05) is 6.61 Å². The molecule has 3 aromatic rings. The second-order valence-electron chi connectivity index (χ2n) is 8.00. The van der Waals surface area contributed by atoms with Crippen molar-refractivity contribution in [2.45, 2.75) is 65.1 Å². The summed E-state index contributed by atoms with van der Waals surface area (Å²) in [6.45, 7) is 5.57. The molecule has 0 unspecified atom stereocenters. The van der Waals surface area contributed by atoms with E-state index >= 15 is 0 Å². The summed E-state index contributed by atoms with van der Waals surface area (Å²) in [6.07, 6.45) is 4.10. The molecule has 0 N–H and O–H groups in total. The smallest absolute Gasteiger partial charge is 0.303 e. The minimum Gasteiger partial charge on any atom is -0.463 e. The van der Waals surface area contributed by atoms with Gasteiger partial charge in [-0.15, -0.1) is 0 Å². The van der Waals surface area contributed by atoms with Gasteiger partial charge in [0.1, 0.15) is 24.9 Å². The molecule has 35 heavy (non-hydrogen) atoms. The molecule has 3 aromatic heterocycles. The van der Waals surface area contributed by atoms with Crippen LogP contribution >= 0.6 is 0 Å². The number of aromatic nitrogens is 6. The van der Waals surface area contributed by atoms with Crippen LogP contribution in [0, 0.1) is 0 Å². The van der Waals surface area contributed by atoms with Crippen molar-refractivity contribution in [2.24, 2.45) is 0 Å². The molecule has 4 rings (SSSR count). The van der Waals surface area contributed by atoms with Crippen molar-refractivity contribution >= 4 is 29.1 Å². The number of imidazole rings is 2. The van der Waals surface area contributed by atoms with E-state index in [9.17, 15) is 14.4 Å². The summed E-state index contributed by atoms with van der Waals surface area (Å²) in [6, 6.07) is 0. The molecular weight excluding hydrogens is 460 g/mol. The molecule has 0 spiro atoms. The van der Waals surface area contributed by atoms with E-state index in [1.54, 1.807) is 17.0 Å². The Morgan fingerprint density at radius 3 is 2.43 bits per heavy atom. The molecule has 0 amide bonds. The van der Waals surface area contributed by atoms with E-state index in [0.29, 0.717) is 17.0 Å². The first-order valence-corrected chi connectivity index (χ1v) is 11.1. The van der Waals surface area contributed by atoms with Crippen LogP contribution in [-0.4, -0.2) is 71.9 Å². The Bertz CT molecular complexity index is 1240. The van der Waals surface area contributed by atoms with Crippen molar-refractivity contribution in [3.63, 3.8) is 0 Å². The lowest BCUT2D eigenvalue weighted by Gasteiger charge is -2.23. The summed E-state index contributed by atoms with van der Waals surface area (Å²) in [5.74, 6) is -0.376. The highest BCUT2D eigenvalue weighted by Crippen LogP contribution is 2.36. The van der Waals surface area contributed by atoms with Gasteiger partial charge in [-0.05, 0) is 6.42 Å². The first-order chi connectivity index (χ1) is 16.8. The number of carbonyl (C=O) groups is 3. The van der Waals surface area contributed by atoms with Crippen LogP contribution in [-0.2, 0) is 39.8 Å². The Kier molecular flexibility index (Phi) is 7.05. The second kappa shape index (κ2) is 10.2. The Morgan fingerprint density at radius 2 is 1.74 bits per heavy atom. The van der Waals surface area contributed by atoms with Crippen molar-refractivity contribution in [3.05, 3.63) is 30.9 Å². The zero-order valence-electron chi connectivity index (χ0n) is 19.8. The first kappa shape index (κ1) is 24.3. The van der Waals surface area contributed by atoms with Gasteiger partial charge in [0.15, 0.2) is 35.4 Å². The minimum absolute atomic E-state index is 0.205. The van der Waals surface area contributed by atoms with Crippen molar-refractivity contribution < 1.29 is 33.3 Å². The number of ether oxygens (including phenoxy) is 4. The maximum Gasteiger partial charge on any atom is 0.303 e. The third-order valence-electron chi connectivity index (χ3n) is 5.37. The number of nitrogens with zero attached hydrogens (tertiary/aromatic N) is 6. The monoisotopic (exact) mass is 486 g/mol. The summed E-state index contributed by atoms with van der Waals surface area (Å²) in [5.41, 5.74) is 0.878. The fourth-order valence-electron chi connectivity index (χ4n) is 4.05. The topological polar surface area (TPSA) is 150 Å². The lowest BCUT2D eigenvalue weighted by atomic mass is 10.1. The lowest BCUT2D eigenvalue weighted by molar-refractivity contribution is -0.166. The van der Waals surface area contributed by atoms with Gasteiger partial charge in [-0.1, -0.05) is 6.92 Å². The number of aryl methyl sites for hydroxylation is 1. The fourth-order valence-corrected chi connectivity index (χ4v) is 4.05. The SMILES string of the molecule is CCCc1nccn1-c1ncnc2c1ncn2[C@@H]1O[C@H](COC(C)=O)[C@@H](OC(C)=O)[C@H]1OC(C)=O. The lowest BCUT2D eigenvalue weighted by Crippen LogP contribution is -2.40. The number of hydrogen-bond acceptors (Lipinski definition) is 11. The molecule has 0 aliphatic carbocycles. The molecule has 1 aliphatic heterocycles. The van der Waals surface area contributed by atoms with Gasteiger partial charge in [0.25, 0.3) is 0 Å². The third kappa shape index (κ3) is 4.99. The van der Waals surface area contributed by atoms with E-state index in [1.165, 1.54) is 33.4 Å². The standard InChI is InChI=1S/C22H26N6O7/c1-5-6-16-23-7-8-27(16)20-17-21(25-10-24-20)28(11-26-17)22-19(34-14(4)31)18(33-13(3)30)15(35-22)9-32-12(2)29/h7-8,10-11,15,18-19,22H,5-6,9H2,1-4H3/t15-,18-,19-,22-/m1/s1. The number of esters is 3. The first-order valence-electron chi connectivity index (χ1n) is 11.1. The van der Waals surface area contributed by atoms with Crippen molar-refractivity contribution in [3.8, 4) is 5.82 Å². The van der Waals surface area contributed by atoms with Crippen LogP contribution in [0.1, 0.15) is 46.2 Å². The van der Waals surface area contributed by atoms with Crippen molar-refractivity contribution in [1.82, 2.24) is 29.1 Å². The van der Waals surface area contributed by atoms with E-state index in [2.05, 4.69) is 26.9 Å². The van der Waals surface area contributed by atoms with E-state index in [0.717, 1.165) is 18.7 Å². The zero-order valence-corrected chi connectivity index (χ0v) is 19.8. The van der Waals surface area contributed by atoms with E-state index in [4.69, 9.17) is 18.9 Å². The molecule has 0 radical (unpaired) electrons. The van der Waals surface area contributed by atoms with Gasteiger partial charge in [0.2, 0.25) is 0 Å². The molecule has 4 atom stereocenters. The highest BCUT2D eigenvalue weighted by atomic mass is 16.7. The molecule has 0 saturated carbocycles. The number of fused-ring (bicyclic) bond motifs is 1. The fraction of sp³-hybridized carbons (Fsp3) is 0.500. The van der Waals surface area contributed by atoms with Gasteiger partial charge in [-0.25, -0.2) is 19.9 Å². The number of hydrogen-bond donors (Lipinski definition) is 0. The van der Waals surface area contributed by atoms with Crippen LogP contribution in [0.2, 0.25) is 0 Å². The van der Waals surface area contributed by atoms with Gasteiger partial charge < -0.3 is 18.9 Å². The molecule has 4 heterocycles. The summed E-state index contributed by atoms with van der Waals surface area (Å²) in [7, 11) is 0. The van der Waals surface area contributed by atoms with Gasteiger partial charge in [0, 0.05) is 39.6 Å². The van der Waals surface area contributed by atoms with Crippen LogP contribution in [0.5, 0.6) is 0 Å². The molecule has 1 fully saturated rings. The largest absolute Gasteiger partial charge is 0.463 e. The molecule has 0 bridgehead atoms. The molecule has 13 heteroatoms. The average molecular weight is 486 g/mol. The Balaban J connectivity index is 1.76. The Labute approximate surface area is 200 Å². The van der Waals surface area contributed by atoms with Gasteiger partial charge >= 0.3 is 17.9 Å². The van der Waals surface area contributed by atoms with Crippen LogP contribution in [0.25, 0.3) is 17.0 Å². The van der Waals surface area contributed by atoms with Gasteiger partial charge in [0.05, 0.1) is 6.33 Å². The summed E-state index contributed by atoms with van der Waals surface area (Å²) < 4.78 is 25.5. The Morgan fingerprint density at radius 1 is 1.00 bits per heavy atom. The van der Waals surface area contributed by atoms with Crippen molar-refractivity contribution in [1.29, 1.82) is 0 Å². The maximum atomic E-state index is 11.9. The van der Waals surface area contributed by atoms with E-state index < -0.39 is 42.4 Å². The molecule has 13 nitrogen and oxygen atoms in total. The number of rotatable bonds is 8. The van der Waals surface area contributed by atoms with E-state index in [1.807, 2.05) is 4.57 Å².